The molecule has 0 saturated heterocycles. The molecule has 1 fully saturated rings. The van der Waals surface area contributed by atoms with Gasteiger partial charge in [0.2, 0.25) is 0 Å². The van der Waals surface area contributed by atoms with Crippen LogP contribution in [-0.2, 0) is 6.42 Å². The fourth-order valence-corrected chi connectivity index (χ4v) is 2.38. The van der Waals surface area contributed by atoms with Crippen molar-refractivity contribution < 1.29 is 9.90 Å². The maximum absolute atomic E-state index is 11.9. The van der Waals surface area contributed by atoms with Gasteiger partial charge in [0.05, 0.1) is 11.8 Å². The number of nitrogens with one attached hydrogen (secondary N) is 2. The number of H-pyrrole nitrogens is 1. The average Bonchev–Trinajstić information content (AvgIpc) is 2.86. The largest absolute Gasteiger partial charge is 0.388 e. The Hall–Kier alpha value is -1.36. The molecule has 18 heavy (non-hydrogen) atoms. The summed E-state index contributed by atoms with van der Waals surface area (Å²) in [5.74, 6) is 0.609. The minimum atomic E-state index is -0.721. The molecular formula is C13H21N3O2. The Labute approximate surface area is 107 Å². The van der Waals surface area contributed by atoms with Crippen molar-refractivity contribution in [3.63, 3.8) is 0 Å². The molecule has 0 bridgehead atoms. The van der Waals surface area contributed by atoms with E-state index in [-0.39, 0.29) is 5.91 Å². The summed E-state index contributed by atoms with van der Waals surface area (Å²) in [4.78, 5) is 18.9. The molecule has 0 unspecified atom stereocenters. The van der Waals surface area contributed by atoms with Gasteiger partial charge in [0.15, 0.2) is 0 Å². The van der Waals surface area contributed by atoms with Crippen LogP contribution in [-0.4, -0.2) is 33.1 Å². The lowest BCUT2D eigenvalue weighted by atomic mass is 9.85. The Balaban J connectivity index is 1.87. The van der Waals surface area contributed by atoms with Crippen LogP contribution in [0.1, 0.15) is 55.3 Å². The highest BCUT2D eigenvalue weighted by Gasteiger charge is 2.29. The topological polar surface area (TPSA) is 78.0 Å². The van der Waals surface area contributed by atoms with Crippen molar-refractivity contribution in [3.05, 3.63) is 17.7 Å². The van der Waals surface area contributed by atoms with Gasteiger partial charge in [0, 0.05) is 13.0 Å². The summed E-state index contributed by atoms with van der Waals surface area (Å²) < 4.78 is 0. The van der Waals surface area contributed by atoms with Crippen molar-refractivity contribution in [2.75, 3.05) is 6.54 Å². The molecular weight excluding hydrogens is 230 g/mol. The van der Waals surface area contributed by atoms with E-state index in [1.54, 1.807) is 6.20 Å². The Bertz CT molecular complexity index is 408. The molecule has 0 spiro atoms. The van der Waals surface area contributed by atoms with Crippen LogP contribution in [0.25, 0.3) is 0 Å². The first-order valence-corrected chi connectivity index (χ1v) is 6.67. The molecule has 5 nitrogen and oxygen atoms in total. The molecule has 0 aromatic carbocycles. The van der Waals surface area contributed by atoms with Crippen LogP contribution < -0.4 is 5.32 Å². The summed E-state index contributed by atoms with van der Waals surface area (Å²) in [7, 11) is 0. The van der Waals surface area contributed by atoms with Crippen molar-refractivity contribution >= 4 is 5.91 Å². The molecule has 2 rings (SSSR count). The van der Waals surface area contributed by atoms with Crippen LogP contribution in [0.15, 0.2) is 6.20 Å². The van der Waals surface area contributed by atoms with E-state index in [1.165, 1.54) is 6.42 Å². The highest BCUT2D eigenvalue weighted by Crippen LogP contribution is 2.27. The summed E-state index contributed by atoms with van der Waals surface area (Å²) in [6.45, 7) is 2.30. The van der Waals surface area contributed by atoms with Crippen LogP contribution in [0.3, 0.4) is 0 Å². The van der Waals surface area contributed by atoms with Crippen LogP contribution in [0.4, 0.5) is 0 Å². The highest BCUT2D eigenvalue weighted by molar-refractivity contribution is 5.92. The number of nitrogens with zero attached hydrogens (tertiary/aromatic N) is 1. The molecule has 3 N–H and O–H groups in total. The van der Waals surface area contributed by atoms with E-state index in [1.807, 2.05) is 6.92 Å². The van der Waals surface area contributed by atoms with E-state index < -0.39 is 5.60 Å². The first kappa shape index (κ1) is 13.1. The number of aryl methyl sites for hydroxylation is 1. The van der Waals surface area contributed by atoms with Gasteiger partial charge < -0.3 is 15.4 Å². The van der Waals surface area contributed by atoms with E-state index in [9.17, 15) is 9.90 Å². The van der Waals surface area contributed by atoms with Gasteiger partial charge in [-0.25, -0.2) is 4.98 Å². The van der Waals surface area contributed by atoms with E-state index in [4.69, 9.17) is 0 Å². The average molecular weight is 251 g/mol. The molecule has 1 heterocycles. The van der Waals surface area contributed by atoms with Gasteiger partial charge >= 0.3 is 0 Å². The molecule has 1 aliphatic rings. The zero-order valence-corrected chi connectivity index (χ0v) is 10.8. The second-order valence-electron chi connectivity index (χ2n) is 5.06. The number of hydrogen-bond donors (Lipinski definition) is 3. The predicted octanol–water partition coefficient (Wildman–Crippen LogP) is 1.40. The third-order valence-electron chi connectivity index (χ3n) is 3.57. The Morgan fingerprint density at radius 3 is 2.83 bits per heavy atom. The summed E-state index contributed by atoms with van der Waals surface area (Å²) in [6, 6.07) is 0. The lowest BCUT2D eigenvalue weighted by Gasteiger charge is -2.31. The fraction of sp³-hybridized carbons (Fsp3) is 0.692. The summed E-state index contributed by atoms with van der Waals surface area (Å²) in [5.41, 5.74) is -0.257. The summed E-state index contributed by atoms with van der Waals surface area (Å²) in [6.07, 6.45) is 7.12. The van der Waals surface area contributed by atoms with Gasteiger partial charge in [-0.15, -0.1) is 0 Å². The molecule has 1 aromatic rings. The minimum Gasteiger partial charge on any atom is -0.388 e. The van der Waals surface area contributed by atoms with Gasteiger partial charge in [-0.2, -0.15) is 0 Å². The number of imidazole rings is 1. The van der Waals surface area contributed by atoms with E-state index in [0.29, 0.717) is 12.2 Å². The second-order valence-corrected chi connectivity index (χ2v) is 5.06. The first-order chi connectivity index (χ1) is 8.63. The van der Waals surface area contributed by atoms with Gasteiger partial charge in [0.1, 0.15) is 11.5 Å². The lowest BCUT2D eigenvalue weighted by Crippen LogP contribution is -2.44. The van der Waals surface area contributed by atoms with Gasteiger partial charge in [-0.1, -0.05) is 26.2 Å². The summed E-state index contributed by atoms with van der Waals surface area (Å²) in [5, 5.41) is 13.1. The molecule has 1 saturated carbocycles. The van der Waals surface area contributed by atoms with E-state index in [2.05, 4.69) is 15.3 Å². The maximum atomic E-state index is 11.9. The third-order valence-corrected chi connectivity index (χ3v) is 3.57. The van der Waals surface area contributed by atoms with Crippen molar-refractivity contribution in [1.82, 2.24) is 15.3 Å². The number of carbonyl (C=O) groups is 1. The Morgan fingerprint density at radius 2 is 2.22 bits per heavy atom. The zero-order chi connectivity index (χ0) is 13.0. The van der Waals surface area contributed by atoms with E-state index >= 15 is 0 Å². The number of hydrogen-bond acceptors (Lipinski definition) is 3. The van der Waals surface area contributed by atoms with Crippen molar-refractivity contribution in [2.24, 2.45) is 0 Å². The molecule has 1 aromatic heterocycles. The van der Waals surface area contributed by atoms with E-state index in [0.717, 1.165) is 37.9 Å². The molecule has 1 aliphatic carbocycles. The second kappa shape index (κ2) is 5.52. The minimum absolute atomic E-state index is 0.193. The normalized spacial score (nSPS) is 18.6. The fourth-order valence-electron chi connectivity index (χ4n) is 2.38. The van der Waals surface area contributed by atoms with Crippen molar-refractivity contribution in [1.29, 1.82) is 0 Å². The predicted molar refractivity (Wildman–Crippen MR) is 68.3 cm³/mol. The Kier molecular flexibility index (Phi) is 4.01. The molecule has 5 heteroatoms. The zero-order valence-electron chi connectivity index (χ0n) is 10.8. The smallest absolute Gasteiger partial charge is 0.269 e. The Morgan fingerprint density at radius 1 is 1.50 bits per heavy atom. The number of amides is 1. The highest BCUT2D eigenvalue weighted by atomic mass is 16.3. The molecule has 100 valence electrons. The van der Waals surface area contributed by atoms with Gasteiger partial charge in [-0.3, -0.25) is 4.79 Å². The number of aliphatic hydroxyl groups is 1. The lowest BCUT2D eigenvalue weighted by molar-refractivity contribution is 0.00521. The van der Waals surface area contributed by atoms with Crippen molar-refractivity contribution in [2.45, 2.75) is 51.0 Å². The first-order valence-electron chi connectivity index (χ1n) is 6.67. The molecule has 0 atom stereocenters. The molecule has 1 amide bonds. The number of carbonyl (C=O) groups excluding carboxylic acids is 1. The SMILES string of the molecule is CCc1ncc(C(=O)NCC2(O)CCCCC2)[nH]1. The molecule has 0 aliphatic heterocycles. The quantitative estimate of drug-likeness (QED) is 0.757. The van der Waals surface area contributed by atoms with Gasteiger partial charge in [0.25, 0.3) is 5.91 Å². The number of aromatic amines is 1. The standard InChI is InChI=1S/C13H21N3O2/c1-2-11-14-8-10(16-11)12(17)15-9-13(18)6-4-3-5-7-13/h8,18H,2-7,9H2,1H3,(H,14,16)(H,15,17). The third kappa shape index (κ3) is 3.10. The maximum Gasteiger partial charge on any atom is 0.269 e. The monoisotopic (exact) mass is 251 g/mol. The van der Waals surface area contributed by atoms with Crippen molar-refractivity contribution in [3.8, 4) is 0 Å². The van der Waals surface area contributed by atoms with Gasteiger partial charge in [-0.05, 0) is 12.8 Å². The van der Waals surface area contributed by atoms with Crippen LogP contribution >= 0.6 is 0 Å². The summed E-state index contributed by atoms with van der Waals surface area (Å²) >= 11 is 0. The van der Waals surface area contributed by atoms with Crippen LogP contribution in [0.5, 0.6) is 0 Å². The van der Waals surface area contributed by atoms with Crippen LogP contribution in [0, 0.1) is 0 Å². The van der Waals surface area contributed by atoms with Crippen LogP contribution in [0.2, 0.25) is 0 Å². The number of rotatable bonds is 4. The number of aromatic nitrogens is 2. The molecule has 0 radical (unpaired) electrons.